The minimum Gasteiger partial charge on any atom is -0.465 e. The molecule has 0 bridgehead atoms. The average molecular weight is 271 g/mol. The first-order valence-electron chi connectivity index (χ1n) is 7.25. The standard InChI is InChI=1S/C14H29N3O2/c1-5-19-13(18)14(3,15)7-6-8-17-10-9-16(4)11-12(17)2/h12H,5-11,15H2,1-4H3. The van der Waals surface area contributed by atoms with E-state index >= 15 is 0 Å². The largest absolute Gasteiger partial charge is 0.465 e. The summed E-state index contributed by atoms with van der Waals surface area (Å²) in [4.78, 5) is 16.5. The number of nitrogens with zero attached hydrogens (tertiary/aromatic N) is 2. The maximum absolute atomic E-state index is 11.7. The van der Waals surface area contributed by atoms with Crippen molar-refractivity contribution in [3.05, 3.63) is 0 Å². The van der Waals surface area contributed by atoms with Crippen molar-refractivity contribution in [3.63, 3.8) is 0 Å². The van der Waals surface area contributed by atoms with Crippen LogP contribution < -0.4 is 5.73 Å². The number of hydrogen-bond acceptors (Lipinski definition) is 5. The Morgan fingerprint density at radius 1 is 1.47 bits per heavy atom. The van der Waals surface area contributed by atoms with Crippen LogP contribution in [0, 0.1) is 0 Å². The first kappa shape index (κ1) is 16.4. The molecule has 0 aromatic heterocycles. The van der Waals surface area contributed by atoms with E-state index in [4.69, 9.17) is 10.5 Å². The number of piperazine rings is 1. The highest BCUT2D eigenvalue weighted by Crippen LogP contribution is 2.14. The predicted octanol–water partition coefficient (Wildman–Crippen LogP) is 0.683. The molecule has 5 nitrogen and oxygen atoms in total. The van der Waals surface area contributed by atoms with Gasteiger partial charge in [0.15, 0.2) is 0 Å². The van der Waals surface area contributed by atoms with Crippen molar-refractivity contribution < 1.29 is 9.53 Å². The third kappa shape index (κ3) is 5.09. The van der Waals surface area contributed by atoms with E-state index in [0.717, 1.165) is 32.6 Å². The summed E-state index contributed by atoms with van der Waals surface area (Å²) in [7, 11) is 2.16. The summed E-state index contributed by atoms with van der Waals surface area (Å²) in [6.45, 7) is 10.5. The minimum absolute atomic E-state index is 0.290. The topological polar surface area (TPSA) is 58.8 Å². The van der Waals surface area contributed by atoms with Crippen molar-refractivity contribution in [2.24, 2.45) is 5.73 Å². The number of hydrogen-bond donors (Lipinski definition) is 1. The molecule has 0 saturated carbocycles. The molecule has 2 unspecified atom stereocenters. The second kappa shape index (κ2) is 7.22. The van der Waals surface area contributed by atoms with Crippen LogP contribution >= 0.6 is 0 Å². The van der Waals surface area contributed by atoms with Gasteiger partial charge in [-0.15, -0.1) is 0 Å². The maximum atomic E-state index is 11.7. The molecule has 1 aliphatic rings. The van der Waals surface area contributed by atoms with Gasteiger partial charge in [0, 0.05) is 25.7 Å². The molecule has 1 saturated heterocycles. The van der Waals surface area contributed by atoms with Gasteiger partial charge in [-0.05, 0) is 47.2 Å². The van der Waals surface area contributed by atoms with Gasteiger partial charge >= 0.3 is 5.97 Å². The van der Waals surface area contributed by atoms with Gasteiger partial charge in [0.2, 0.25) is 0 Å². The molecule has 0 radical (unpaired) electrons. The van der Waals surface area contributed by atoms with Gasteiger partial charge < -0.3 is 15.4 Å². The van der Waals surface area contributed by atoms with E-state index in [9.17, 15) is 4.79 Å². The summed E-state index contributed by atoms with van der Waals surface area (Å²) in [5.41, 5.74) is 5.16. The Kier molecular flexibility index (Phi) is 6.23. The minimum atomic E-state index is -0.855. The fourth-order valence-corrected chi connectivity index (χ4v) is 2.56. The number of carbonyl (C=O) groups is 1. The molecule has 1 heterocycles. The fraction of sp³-hybridized carbons (Fsp3) is 0.929. The Balaban J connectivity index is 2.31. The van der Waals surface area contributed by atoms with Gasteiger partial charge in [0.1, 0.15) is 5.54 Å². The van der Waals surface area contributed by atoms with Gasteiger partial charge in [-0.3, -0.25) is 9.69 Å². The third-order valence-corrected chi connectivity index (χ3v) is 3.85. The van der Waals surface area contributed by atoms with Gasteiger partial charge in [0.25, 0.3) is 0 Å². The molecule has 1 fully saturated rings. The van der Waals surface area contributed by atoms with Crippen LogP contribution in [-0.4, -0.2) is 67.2 Å². The normalized spacial score (nSPS) is 25.0. The van der Waals surface area contributed by atoms with Crippen LogP contribution in [0.1, 0.15) is 33.6 Å². The molecule has 0 aliphatic carbocycles. The molecule has 0 spiro atoms. The van der Waals surface area contributed by atoms with Gasteiger partial charge in [-0.1, -0.05) is 0 Å². The van der Waals surface area contributed by atoms with Crippen LogP contribution in [0.5, 0.6) is 0 Å². The molecule has 1 aliphatic heterocycles. The SMILES string of the molecule is CCOC(=O)C(C)(N)CCCN1CCN(C)CC1C. The Bertz CT molecular complexity index is 294. The Labute approximate surface area is 117 Å². The molecular weight excluding hydrogens is 242 g/mol. The van der Waals surface area contributed by atoms with Gasteiger partial charge in [-0.2, -0.15) is 0 Å². The molecule has 0 aromatic carbocycles. The van der Waals surface area contributed by atoms with E-state index in [0.29, 0.717) is 19.1 Å². The Hall–Kier alpha value is -0.650. The zero-order valence-corrected chi connectivity index (χ0v) is 12.8. The molecule has 2 atom stereocenters. The van der Waals surface area contributed by atoms with E-state index < -0.39 is 5.54 Å². The lowest BCUT2D eigenvalue weighted by Gasteiger charge is -2.38. The van der Waals surface area contributed by atoms with Crippen molar-refractivity contribution in [1.29, 1.82) is 0 Å². The van der Waals surface area contributed by atoms with Crippen LogP contribution in [0.3, 0.4) is 0 Å². The molecule has 19 heavy (non-hydrogen) atoms. The van der Waals surface area contributed by atoms with E-state index in [2.05, 4.69) is 23.8 Å². The van der Waals surface area contributed by atoms with Crippen LogP contribution in [0.15, 0.2) is 0 Å². The smallest absolute Gasteiger partial charge is 0.325 e. The monoisotopic (exact) mass is 271 g/mol. The van der Waals surface area contributed by atoms with E-state index in [1.54, 1.807) is 13.8 Å². The first-order valence-corrected chi connectivity index (χ1v) is 7.25. The number of likely N-dealkylation sites (N-methyl/N-ethyl adjacent to an activating group) is 1. The number of carbonyl (C=O) groups excluding carboxylic acids is 1. The number of ether oxygens (including phenoxy) is 1. The molecule has 112 valence electrons. The number of rotatable bonds is 6. The zero-order valence-electron chi connectivity index (χ0n) is 12.8. The highest BCUT2D eigenvalue weighted by molar-refractivity contribution is 5.79. The summed E-state index contributed by atoms with van der Waals surface area (Å²) in [6.07, 6.45) is 1.60. The Morgan fingerprint density at radius 2 is 2.16 bits per heavy atom. The van der Waals surface area contributed by atoms with Crippen molar-refractivity contribution in [3.8, 4) is 0 Å². The van der Waals surface area contributed by atoms with Crippen molar-refractivity contribution in [1.82, 2.24) is 9.80 Å². The van der Waals surface area contributed by atoms with E-state index in [1.807, 2.05) is 0 Å². The molecule has 0 aromatic rings. The summed E-state index contributed by atoms with van der Waals surface area (Å²) in [5.74, 6) is -0.290. The first-order chi connectivity index (χ1) is 8.86. The maximum Gasteiger partial charge on any atom is 0.325 e. The second-order valence-electron chi connectivity index (χ2n) is 5.89. The summed E-state index contributed by atoms with van der Waals surface area (Å²) >= 11 is 0. The van der Waals surface area contributed by atoms with Crippen molar-refractivity contribution in [2.45, 2.75) is 45.2 Å². The Morgan fingerprint density at radius 3 is 2.74 bits per heavy atom. The lowest BCUT2D eigenvalue weighted by molar-refractivity contribution is -0.149. The predicted molar refractivity (Wildman–Crippen MR) is 77.0 cm³/mol. The van der Waals surface area contributed by atoms with Crippen molar-refractivity contribution >= 4 is 5.97 Å². The third-order valence-electron chi connectivity index (χ3n) is 3.85. The quantitative estimate of drug-likeness (QED) is 0.720. The van der Waals surface area contributed by atoms with Crippen molar-refractivity contribution in [2.75, 3.05) is 39.8 Å². The van der Waals surface area contributed by atoms with Crippen LogP contribution in [0.4, 0.5) is 0 Å². The van der Waals surface area contributed by atoms with Crippen LogP contribution in [0.2, 0.25) is 0 Å². The fourth-order valence-electron chi connectivity index (χ4n) is 2.56. The molecule has 1 rings (SSSR count). The lowest BCUT2D eigenvalue weighted by Crippen LogP contribution is -2.51. The highest BCUT2D eigenvalue weighted by atomic mass is 16.5. The molecular formula is C14H29N3O2. The van der Waals surface area contributed by atoms with Crippen LogP contribution in [0.25, 0.3) is 0 Å². The van der Waals surface area contributed by atoms with Gasteiger partial charge in [0.05, 0.1) is 6.61 Å². The number of nitrogens with two attached hydrogens (primary N) is 1. The van der Waals surface area contributed by atoms with Crippen LogP contribution in [-0.2, 0) is 9.53 Å². The summed E-state index contributed by atoms with van der Waals surface area (Å²) < 4.78 is 5.00. The van der Waals surface area contributed by atoms with Gasteiger partial charge in [-0.25, -0.2) is 0 Å². The summed E-state index contributed by atoms with van der Waals surface area (Å²) in [5, 5.41) is 0. The summed E-state index contributed by atoms with van der Waals surface area (Å²) in [6, 6.07) is 0.574. The lowest BCUT2D eigenvalue weighted by atomic mass is 9.97. The number of esters is 1. The second-order valence-corrected chi connectivity index (χ2v) is 5.89. The highest BCUT2D eigenvalue weighted by Gasteiger charge is 2.30. The van der Waals surface area contributed by atoms with E-state index in [-0.39, 0.29) is 5.97 Å². The zero-order chi connectivity index (χ0) is 14.5. The van der Waals surface area contributed by atoms with E-state index in [1.165, 1.54) is 0 Å². The molecule has 2 N–H and O–H groups in total. The molecule has 5 heteroatoms. The average Bonchev–Trinajstić information content (AvgIpc) is 2.32. The molecule has 0 amide bonds.